The molecule has 0 radical (unpaired) electrons. The van der Waals surface area contributed by atoms with Gasteiger partial charge < -0.3 is 11.0 Å². The van der Waals surface area contributed by atoms with Gasteiger partial charge in [0.2, 0.25) is 0 Å². The Bertz CT molecular complexity index is 9.61. The quantitative estimate of drug-likeness (QED) is 0.521. The largest absolute Gasteiger partial charge is 4.00 e. The molecular formula is O2TiZnZr+6. The summed E-state index contributed by atoms with van der Waals surface area (Å²) in [6.45, 7) is 0. The van der Waals surface area contributed by atoms with Crippen LogP contribution in [0.4, 0.5) is 0 Å². The Morgan fingerprint density at radius 1 is 0.800 bits per heavy atom. The molecule has 5 heteroatoms. The second kappa shape index (κ2) is 35.4. The molecular weight excluding hydrogens is 236 g/mol. The molecule has 0 spiro atoms. The van der Waals surface area contributed by atoms with Crippen molar-refractivity contribution in [1.82, 2.24) is 0 Å². The van der Waals surface area contributed by atoms with Gasteiger partial charge in [0.15, 0.2) is 0 Å². The first kappa shape index (κ1) is 58.8. The number of hydrogen-bond donors (Lipinski definition) is 0. The molecule has 0 bridgehead atoms. The van der Waals surface area contributed by atoms with Gasteiger partial charge in [-0.05, 0) is 0 Å². The molecule has 0 aliphatic rings. The van der Waals surface area contributed by atoms with Crippen molar-refractivity contribution in [2.75, 3.05) is 0 Å². The predicted molar refractivity (Wildman–Crippen MR) is 1.37 cm³/mol. The van der Waals surface area contributed by atoms with Crippen molar-refractivity contribution in [2.24, 2.45) is 0 Å². The number of rotatable bonds is 0. The summed E-state index contributed by atoms with van der Waals surface area (Å²) in [6.07, 6.45) is 0. The molecule has 2 nitrogen and oxygen atoms in total. The summed E-state index contributed by atoms with van der Waals surface area (Å²) in [6, 6.07) is 0. The monoisotopic (exact) mass is 234 g/mol. The summed E-state index contributed by atoms with van der Waals surface area (Å²) < 4.78 is 0. The van der Waals surface area contributed by atoms with E-state index in [9.17, 15) is 0 Å². The molecule has 0 heterocycles. The summed E-state index contributed by atoms with van der Waals surface area (Å²) in [5.41, 5.74) is 0. The van der Waals surface area contributed by atoms with Crippen molar-refractivity contribution in [3.8, 4) is 0 Å². The van der Waals surface area contributed by atoms with Crippen molar-refractivity contribution in [2.45, 2.75) is 0 Å². The zero-order valence-corrected chi connectivity index (χ0v) is 9.51. The summed E-state index contributed by atoms with van der Waals surface area (Å²) in [5.74, 6) is 0. The maximum absolute atomic E-state index is 0. The Kier molecular flexibility index (Phi) is 416. The van der Waals surface area contributed by atoms with E-state index in [1.807, 2.05) is 0 Å². The van der Waals surface area contributed by atoms with E-state index < -0.39 is 0 Å². The van der Waals surface area contributed by atoms with Crippen LogP contribution in [0.15, 0.2) is 0 Å². The first-order valence-electron chi connectivity index (χ1n) is 0. The van der Waals surface area contributed by atoms with Crippen molar-refractivity contribution in [1.29, 1.82) is 0 Å². The van der Waals surface area contributed by atoms with Crippen molar-refractivity contribution < 1.29 is 78.4 Å². The third-order valence-electron chi connectivity index (χ3n) is 0. The summed E-state index contributed by atoms with van der Waals surface area (Å²) in [5, 5.41) is 0. The molecule has 0 aliphatic carbocycles. The Labute approximate surface area is 77.5 Å². The van der Waals surface area contributed by atoms with Gasteiger partial charge >= 0.3 is 67.4 Å². The molecule has 5 heavy (non-hydrogen) atoms. The smallest absolute Gasteiger partial charge is 2.00 e. The Morgan fingerprint density at radius 2 is 0.800 bits per heavy atom. The summed E-state index contributed by atoms with van der Waals surface area (Å²) >= 11 is 0. The fourth-order valence-electron chi connectivity index (χ4n) is 0. The van der Waals surface area contributed by atoms with Crippen LogP contribution in [-0.4, -0.2) is 0 Å². The third kappa shape index (κ3) is 23.0. The molecule has 0 unspecified atom stereocenters. The number of hydrogen-bond acceptors (Lipinski definition) is 0. The van der Waals surface area contributed by atoms with Gasteiger partial charge in [0.05, 0.1) is 0 Å². The van der Waals surface area contributed by atoms with Gasteiger partial charge in [-0.15, -0.1) is 0 Å². The SMILES string of the molecule is [O-2].[O-2].[Ti+4].[Zn+2].[Zr+4]. The Morgan fingerprint density at radius 3 is 0.800 bits per heavy atom. The molecule has 0 aliphatic heterocycles. The van der Waals surface area contributed by atoms with Crippen LogP contribution in [0.1, 0.15) is 0 Å². The second-order valence-electron chi connectivity index (χ2n) is 0. The molecule has 0 saturated heterocycles. The van der Waals surface area contributed by atoms with Gasteiger partial charge in [-0.25, -0.2) is 0 Å². The average molecular weight is 236 g/mol. The molecule has 16 valence electrons. The van der Waals surface area contributed by atoms with E-state index in [1.54, 1.807) is 0 Å². The topological polar surface area (TPSA) is 57.0 Å². The van der Waals surface area contributed by atoms with Gasteiger partial charge in [-0.3, -0.25) is 0 Å². The van der Waals surface area contributed by atoms with E-state index in [0.29, 0.717) is 0 Å². The van der Waals surface area contributed by atoms with E-state index in [4.69, 9.17) is 0 Å². The summed E-state index contributed by atoms with van der Waals surface area (Å²) in [7, 11) is 0. The maximum atomic E-state index is 0. The predicted octanol–water partition coefficient (Wildman–Crippen LogP) is -0.245. The van der Waals surface area contributed by atoms with E-state index >= 15 is 0 Å². The minimum atomic E-state index is 0. The van der Waals surface area contributed by atoms with Crippen LogP contribution in [-0.2, 0) is 78.4 Å². The van der Waals surface area contributed by atoms with Gasteiger partial charge in [0.25, 0.3) is 0 Å². The van der Waals surface area contributed by atoms with Gasteiger partial charge in [0.1, 0.15) is 0 Å². The fourth-order valence-corrected chi connectivity index (χ4v) is 0. The van der Waals surface area contributed by atoms with Crippen molar-refractivity contribution >= 4 is 0 Å². The third-order valence-corrected chi connectivity index (χ3v) is 0. The first-order chi connectivity index (χ1) is 0. The molecule has 0 saturated carbocycles. The molecule has 0 aromatic carbocycles. The molecule has 0 fully saturated rings. The van der Waals surface area contributed by atoms with Crippen LogP contribution in [0.25, 0.3) is 0 Å². The van der Waals surface area contributed by atoms with Crippen LogP contribution < -0.4 is 0 Å². The standard InChI is InChI=1S/2O.Ti.Zn.Zr/q2*-2;+4;+2;+4. The van der Waals surface area contributed by atoms with Gasteiger partial charge in [0, 0.05) is 0 Å². The van der Waals surface area contributed by atoms with Crippen LogP contribution in [0, 0.1) is 0 Å². The normalized spacial score (nSPS) is 0. The van der Waals surface area contributed by atoms with Crippen molar-refractivity contribution in [3.63, 3.8) is 0 Å². The fraction of sp³-hybridized carbons (Fsp3) is 0. The molecule has 0 aromatic rings. The molecule has 0 aromatic heterocycles. The van der Waals surface area contributed by atoms with E-state index in [2.05, 4.69) is 0 Å². The minimum absolute atomic E-state index is 0. The van der Waals surface area contributed by atoms with Crippen LogP contribution in [0.2, 0.25) is 0 Å². The zero-order valence-electron chi connectivity index (χ0n) is 2.52. The van der Waals surface area contributed by atoms with Gasteiger partial charge in [-0.1, -0.05) is 0 Å². The molecule has 0 amide bonds. The minimum Gasteiger partial charge on any atom is -2.00 e. The van der Waals surface area contributed by atoms with E-state index in [1.165, 1.54) is 0 Å². The maximum Gasteiger partial charge on any atom is 4.00 e. The van der Waals surface area contributed by atoms with Crippen LogP contribution in [0.5, 0.6) is 0 Å². The van der Waals surface area contributed by atoms with Crippen LogP contribution in [0.3, 0.4) is 0 Å². The van der Waals surface area contributed by atoms with E-state index in [0.717, 1.165) is 0 Å². The summed E-state index contributed by atoms with van der Waals surface area (Å²) in [4.78, 5) is 0. The molecule has 0 rings (SSSR count). The first-order valence-corrected chi connectivity index (χ1v) is 0. The Hall–Kier alpha value is 2.14. The average Bonchev–Trinajstić information content (AvgIpc) is 0. The van der Waals surface area contributed by atoms with Crippen molar-refractivity contribution in [3.05, 3.63) is 0 Å². The second-order valence-corrected chi connectivity index (χ2v) is 0. The Balaban J connectivity index is 0. The van der Waals surface area contributed by atoms with Gasteiger partial charge in [-0.2, -0.15) is 0 Å². The van der Waals surface area contributed by atoms with Crippen LogP contribution >= 0.6 is 0 Å². The molecule has 0 N–H and O–H groups in total. The van der Waals surface area contributed by atoms with E-state index in [-0.39, 0.29) is 78.4 Å². The zero-order chi connectivity index (χ0) is 0. The molecule has 0 atom stereocenters.